The van der Waals surface area contributed by atoms with Crippen molar-refractivity contribution >= 4 is 16.9 Å². The molecular formula is C27H24FN7O. The Kier molecular flexibility index (Phi) is 5.74. The minimum absolute atomic E-state index is 0.0220. The molecule has 180 valence electrons. The van der Waals surface area contributed by atoms with Gasteiger partial charge in [-0.2, -0.15) is 5.10 Å². The van der Waals surface area contributed by atoms with Crippen molar-refractivity contribution in [2.24, 2.45) is 0 Å². The number of halogens is 1. The van der Waals surface area contributed by atoms with Crippen molar-refractivity contribution in [3.05, 3.63) is 117 Å². The van der Waals surface area contributed by atoms with Crippen molar-refractivity contribution < 1.29 is 4.39 Å². The summed E-state index contributed by atoms with van der Waals surface area (Å²) in [5.74, 6) is 0.402. The molecule has 9 heteroatoms. The van der Waals surface area contributed by atoms with Gasteiger partial charge in [0.2, 0.25) is 0 Å². The normalized spacial score (nSPS) is 12.7. The Morgan fingerprint density at radius 2 is 1.75 bits per heavy atom. The highest BCUT2D eigenvalue weighted by molar-refractivity contribution is 5.85. The molecule has 0 amide bonds. The molecule has 0 saturated carbocycles. The Hall–Kier alpha value is -4.37. The van der Waals surface area contributed by atoms with Crippen LogP contribution in [-0.4, -0.2) is 24.3 Å². The number of nitrogens with one attached hydrogen (secondary N) is 2. The minimum Gasteiger partial charge on any atom is -0.365 e. The van der Waals surface area contributed by atoms with Gasteiger partial charge in [-0.15, -0.1) is 0 Å². The van der Waals surface area contributed by atoms with Crippen LogP contribution in [0.4, 0.5) is 10.2 Å². The predicted octanol–water partition coefficient (Wildman–Crippen LogP) is 3.44. The highest BCUT2D eigenvalue weighted by Gasteiger charge is 2.15. The Morgan fingerprint density at radius 3 is 2.56 bits per heavy atom. The minimum atomic E-state index is -0.216. The van der Waals surface area contributed by atoms with E-state index in [1.165, 1.54) is 6.33 Å². The van der Waals surface area contributed by atoms with Gasteiger partial charge in [-0.25, -0.2) is 14.4 Å². The average Bonchev–Trinajstić information content (AvgIpc) is 3.51. The molecule has 5 aromatic rings. The highest BCUT2D eigenvalue weighted by Crippen LogP contribution is 2.23. The van der Waals surface area contributed by atoms with Crippen LogP contribution < -0.4 is 16.2 Å². The molecule has 6 rings (SSSR count). The van der Waals surface area contributed by atoms with Crippen LogP contribution in [0.2, 0.25) is 0 Å². The summed E-state index contributed by atoms with van der Waals surface area (Å²) in [5.41, 5.74) is 5.43. The summed E-state index contributed by atoms with van der Waals surface area (Å²) in [4.78, 5) is 20.6. The van der Waals surface area contributed by atoms with E-state index in [2.05, 4.69) is 25.7 Å². The van der Waals surface area contributed by atoms with E-state index in [1.54, 1.807) is 29.0 Å². The third-order valence-electron chi connectivity index (χ3n) is 6.43. The van der Waals surface area contributed by atoms with Crippen molar-refractivity contribution in [1.82, 2.24) is 29.6 Å². The summed E-state index contributed by atoms with van der Waals surface area (Å²) in [7, 11) is 0. The molecule has 36 heavy (non-hydrogen) atoms. The Morgan fingerprint density at radius 1 is 0.972 bits per heavy atom. The van der Waals surface area contributed by atoms with Crippen LogP contribution in [0.3, 0.4) is 0 Å². The van der Waals surface area contributed by atoms with Gasteiger partial charge in [0.25, 0.3) is 5.56 Å². The lowest BCUT2D eigenvalue weighted by Gasteiger charge is -2.09. The fourth-order valence-electron chi connectivity index (χ4n) is 4.52. The molecular weight excluding hydrogens is 457 g/mol. The van der Waals surface area contributed by atoms with Crippen molar-refractivity contribution in [3.63, 3.8) is 0 Å². The second-order valence-electron chi connectivity index (χ2n) is 8.94. The van der Waals surface area contributed by atoms with Crippen LogP contribution in [0, 0.1) is 5.82 Å². The van der Waals surface area contributed by atoms with E-state index in [-0.39, 0.29) is 11.4 Å². The van der Waals surface area contributed by atoms with Gasteiger partial charge in [0.05, 0.1) is 18.5 Å². The zero-order valence-corrected chi connectivity index (χ0v) is 19.5. The first-order valence-corrected chi connectivity index (χ1v) is 11.8. The first-order chi connectivity index (χ1) is 17.6. The van der Waals surface area contributed by atoms with Crippen LogP contribution in [0.25, 0.3) is 11.0 Å². The van der Waals surface area contributed by atoms with Crippen LogP contribution >= 0.6 is 0 Å². The third kappa shape index (κ3) is 4.48. The molecule has 0 atom stereocenters. The van der Waals surface area contributed by atoms with Gasteiger partial charge >= 0.3 is 0 Å². The van der Waals surface area contributed by atoms with Crippen molar-refractivity contribution in [2.45, 2.75) is 32.7 Å². The van der Waals surface area contributed by atoms with E-state index in [0.29, 0.717) is 43.2 Å². The molecule has 0 radical (unpaired) electrons. The molecule has 1 aliphatic heterocycles. The summed E-state index contributed by atoms with van der Waals surface area (Å²) >= 11 is 0. The Bertz CT molecular complexity index is 1610. The summed E-state index contributed by atoms with van der Waals surface area (Å²) in [6, 6.07) is 16.8. The largest absolute Gasteiger partial charge is 0.365 e. The van der Waals surface area contributed by atoms with Crippen molar-refractivity contribution in [2.75, 3.05) is 5.32 Å². The van der Waals surface area contributed by atoms with Crippen molar-refractivity contribution in [3.8, 4) is 0 Å². The topological polar surface area (TPSA) is 89.7 Å². The second-order valence-corrected chi connectivity index (χ2v) is 8.94. The summed E-state index contributed by atoms with van der Waals surface area (Å²) in [5, 5.41) is 11.9. The Balaban J connectivity index is 1.17. The van der Waals surface area contributed by atoms with Gasteiger partial charge in [0.1, 0.15) is 18.0 Å². The van der Waals surface area contributed by atoms with Gasteiger partial charge < -0.3 is 15.2 Å². The molecule has 1 aliphatic rings. The van der Waals surface area contributed by atoms with Crippen molar-refractivity contribution in [1.29, 1.82) is 0 Å². The Labute approximate surface area is 206 Å². The predicted molar refractivity (Wildman–Crippen MR) is 135 cm³/mol. The maximum atomic E-state index is 14.5. The first-order valence-electron chi connectivity index (χ1n) is 11.8. The molecule has 3 aromatic heterocycles. The fourth-order valence-corrected chi connectivity index (χ4v) is 4.52. The van der Waals surface area contributed by atoms with E-state index in [0.717, 1.165) is 34.2 Å². The van der Waals surface area contributed by atoms with Gasteiger partial charge in [0.15, 0.2) is 5.65 Å². The monoisotopic (exact) mass is 481 g/mol. The smallest absolute Gasteiger partial charge is 0.250 e. The van der Waals surface area contributed by atoms with Gasteiger partial charge in [0, 0.05) is 43.7 Å². The zero-order chi connectivity index (χ0) is 24.5. The maximum Gasteiger partial charge on any atom is 0.250 e. The van der Waals surface area contributed by atoms with E-state index >= 15 is 0 Å². The molecule has 0 fully saturated rings. The number of hydrogen-bond donors (Lipinski definition) is 2. The molecule has 0 bridgehead atoms. The molecule has 0 aliphatic carbocycles. The number of pyridine rings is 1. The summed E-state index contributed by atoms with van der Waals surface area (Å²) in [6.07, 6.45) is 5.15. The van der Waals surface area contributed by atoms with E-state index in [4.69, 9.17) is 0 Å². The zero-order valence-electron chi connectivity index (χ0n) is 19.5. The van der Waals surface area contributed by atoms with E-state index in [9.17, 15) is 9.18 Å². The van der Waals surface area contributed by atoms with Crippen LogP contribution in [0.5, 0.6) is 0 Å². The summed E-state index contributed by atoms with van der Waals surface area (Å²) in [6.45, 7) is 2.88. The lowest BCUT2D eigenvalue weighted by atomic mass is 10.1. The molecule has 2 N–H and O–H groups in total. The number of hydrogen-bond acceptors (Lipinski definition) is 6. The molecule has 0 unspecified atom stereocenters. The fraction of sp³-hybridized carbons (Fsp3) is 0.185. The lowest BCUT2D eigenvalue weighted by molar-refractivity contribution is 0.610. The lowest BCUT2D eigenvalue weighted by Crippen LogP contribution is -2.18. The van der Waals surface area contributed by atoms with Gasteiger partial charge in [-0.3, -0.25) is 9.48 Å². The quantitative estimate of drug-likeness (QED) is 0.370. The third-order valence-corrected chi connectivity index (χ3v) is 6.43. The van der Waals surface area contributed by atoms with Gasteiger partial charge in [-0.05, 0) is 40.5 Å². The maximum absolute atomic E-state index is 14.5. The van der Waals surface area contributed by atoms with Crippen LogP contribution in [0.15, 0.2) is 78.1 Å². The van der Waals surface area contributed by atoms with E-state index < -0.39 is 0 Å². The number of anilines is 1. The van der Waals surface area contributed by atoms with E-state index in [1.807, 2.05) is 47.3 Å². The molecule has 8 nitrogen and oxygen atoms in total. The van der Waals surface area contributed by atoms with Gasteiger partial charge in [-0.1, -0.05) is 30.3 Å². The molecule has 4 heterocycles. The highest BCUT2D eigenvalue weighted by atomic mass is 19.1. The molecule has 2 aromatic carbocycles. The second kappa shape index (κ2) is 9.35. The number of rotatable bonds is 7. The average molecular weight is 482 g/mol. The number of nitrogens with zero attached hydrogens (tertiary/aromatic N) is 5. The number of benzene rings is 2. The molecule has 0 spiro atoms. The summed E-state index contributed by atoms with van der Waals surface area (Å²) < 4.78 is 18.0. The SMILES string of the molecule is O=c1ccccn1Cc1ccc(Cn2cc3c(NCc4cc5c(cc4F)CNC5)ncnc3n2)cc1. The number of fused-ring (bicyclic) bond motifs is 2. The molecule has 0 saturated heterocycles. The van der Waals surface area contributed by atoms with Crippen LogP contribution in [0.1, 0.15) is 27.8 Å². The first kappa shape index (κ1) is 22.1. The standard InChI is InChI=1S/C27H24FN7O/c28-24-10-21-12-29-11-20(21)9-22(24)13-30-26-23-16-35(33-27(23)32-17-31-26)15-19-6-4-18(5-7-19)14-34-8-2-1-3-25(34)36/h1-10,16-17,29H,11-15H2,(H,30,31,32,33). The number of aromatic nitrogens is 5. The van der Waals surface area contributed by atoms with Crippen LogP contribution in [-0.2, 0) is 32.7 Å².